The van der Waals surface area contributed by atoms with Gasteiger partial charge in [0, 0.05) is 0 Å². The number of carbonyl (C=O) groups excluding carboxylic acids is 1. The SMILES string of the molecule is CCCCCCNCC(=O)OCc1ccccc1. The minimum atomic E-state index is -0.186. The Hall–Kier alpha value is -1.35. The van der Waals surface area contributed by atoms with Crippen LogP contribution in [0.5, 0.6) is 0 Å². The van der Waals surface area contributed by atoms with Crippen LogP contribution in [0.1, 0.15) is 38.2 Å². The highest BCUT2D eigenvalue weighted by molar-refractivity contribution is 5.71. The Balaban J connectivity index is 2.01. The number of esters is 1. The van der Waals surface area contributed by atoms with E-state index >= 15 is 0 Å². The second-order valence-corrected chi connectivity index (χ2v) is 4.38. The molecular weight excluding hydrogens is 226 g/mol. The highest BCUT2D eigenvalue weighted by atomic mass is 16.5. The molecule has 0 aliphatic heterocycles. The summed E-state index contributed by atoms with van der Waals surface area (Å²) >= 11 is 0. The number of rotatable bonds is 9. The monoisotopic (exact) mass is 249 g/mol. The minimum absolute atomic E-state index is 0.186. The molecule has 0 aromatic heterocycles. The van der Waals surface area contributed by atoms with Gasteiger partial charge < -0.3 is 10.1 Å². The summed E-state index contributed by atoms with van der Waals surface area (Å²) in [5, 5.41) is 3.11. The molecule has 0 radical (unpaired) electrons. The summed E-state index contributed by atoms with van der Waals surface area (Å²) in [5.74, 6) is -0.186. The van der Waals surface area contributed by atoms with E-state index in [-0.39, 0.29) is 5.97 Å². The second-order valence-electron chi connectivity index (χ2n) is 4.38. The van der Waals surface area contributed by atoms with Crippen molar-refractivity contribution in [1.29, 1.82) is 0 Å². The fourth-order valence-corrected chi connectivity index (χ4v) is 1.66. The first-order valence-electron chi connectivity index (χ1n) is 6.73. The van der Waals surface area contributed by atoms with Crippen LogP contribution in [-0.4, -0.2) is 19.1 Å². The Morgan fingerprint density at radius 1 is 1.17 bits per heavy atom. The van der Waals surface area contributed by atoms with Gasteiger partial charge in [-0.2, -0.15) is 0 Å². The summed E-state index contributed by atoms with van der Waals surface area (Å²) in [5.41, 5.74) is 1.02. The summed E-state index contributed by atoms with van der Waals surface area (Å²) in [7, 11) is 0. The largest absolute Gasteiger partial charge is 0.460 e. The van der Waals surface area contributed by atoms with Crippen LogP contribution in [0.2, 0.25) is 0 Å². The molecule has 0 atom stereocenters. The van der Waals surface area contributed by atoms with E-state index in [9.17, 15) is 4.79 Å². The Kier molecular flexibility index (Phi) is 7.89. The van der Waals surface area contributed by atoms with E-state index in [2.05, 4.69) is 12.2 Å². The Bertz CT molecular complexity index is 325. The maximum absolute atomic E-state index is 11.4. The molecule has 1 N–H and O–H groups in total. The maximum Gasteiger partial charge on any atom is 0.320 e. The van der Waals surface area contributed by atoms with Crippen LogP contribution in [0.15, 0.2) is 30.3 Å². The number of hydrogen-bond donors (Lipinski definition) is 1. The first-order chi connectivity index (χ1) is 8.83. The van der Waals surface area contributed by atoms with Gasteiger partial charge in [0.15, 0.2) is 0 Å². The number of nitrogens with one attached hydrogen (secondary N) is 1. The van der Waals surface area contributed by atoms with Crippen LogP contribution < -0.4 is 5.32 Å². The molecule has 0 aliphatic carbocycles. The average Bonchev–Trinajstić information content (AvgIpc) is 2.41. The van der Waals surface area contributed by atoms with Crippen LogP contribution in [-0.2, 0) is 16.1 Å². The zero-order valence-electron chi connectivity index (χ0n) is 11.2. The number of unbranched alkanes of at least 4 members (excludes halogenated alkanes) is 3. The lowest BCUT2D eigenvalue weighted by Gasteiger charge is -2.06. The van der Waals surface area contributed by atoms with Crippen LogP contribution in [0, 0.1) is 0 Å². The van der Waals surface area contributed by atoms with Crippen molar-refractivity contribution in [2.45, 2.75) is 39.2 Å². The van der Waals surface area contributed by atoms with Gasteiger partial charge in [0.25, 0.3) is 0 Å². The first-order valence-corrected chi connectivity index (χ1v) is 6.73. The number of hydrogen-bond acceptors (Lipinski definition) is 3. The van der Waals surface area contributed by atoms with Crippen LogP contribution in [0.3, 0.4) is 0 Å². The average molecular weight is 249 g/mol. The molecule has 1 aromatic rings. The van der Waals surface area contributed by atoms with Crippen LogP contribution in [0.4, 0.5) is 0 Å². The van der Waals surface area contributed by atoms with Crippen molar-refractivity contribution in [2.75, 3.05) is 13.1 Å². The first kappa shape index (κ1) is 14.7. The maximum atomic E-state index is 11.4. The zero-order chi connectivity index (χ0) is 13.1. The van der Waals surface area contributed by atoms with Gasteiger partial charge in [-0.1, -0.05) is 56.5 Å². The number of ether oxygens (including phenoxy) is 1. The highest BCUT2D eigenvalue weighted by Gasteiger charge is 2.02. The normalized spacial score (nSPS) is 10.3. The molecule has 0 heterocycles. The summed E-state index contributed by atoms with van der Waals surface area (Å²) < 4.78 is 5.15. The van der Waals surface area contributed by atoms with Crippen LogP contribution in [0.25, 0.3) is 0 Å². The highest BCUT2D eigenvalue weighted by Crippen LogP contribution is 2.00. The molecule has 0 spiro atoms. The third-order valence-corrected chi connectivity index (χ3v) is 2.72. The predicted octanol–water partition coefficient (Wildman–Crippen LogP) is 2.90. The minimum Gasteiger partial charge on any atom is -0.460 e. The van der Waals surface area contributed by atoms with E-state index in [1.807, 2.05) is 30.3 Å². The molecule has 0 fully saturated rings. The van der Waals surface area contributed by atoms with Crippen molar-refractivity contribution in [3.63, 3.8) is 0 Å². The van der Waals surface area contributed by atoms with Crippen molar-refractivity contribution in [3.8, 4) is 0 Å². The quantitative estimate of drug-likeness (QED) is 0.540. The summed E-state index contributed by atoms with van der Waals surface area (Å²) in [6, 6.07) is 9.73. The lowest BCUT2D eigenvalue weighted by atomic mass is 10.2. The van der Waals surface area contributed by atoms with Gasteiger partial charge in [0.05, 0.1) is 6.54 Å². The van der Waals surface area contributed by atoms with Gasteiger partial charge in [-0.3, -0.25) is 4.79 Å². The Morgan fingerprint density at radius 2 is 1.94 bits per heavy atom. The predicted molar refractivity (Wildman–Crippen MR) is 73.2 cm³/mol. The van der Waals surface area contributed by atoms with Crippen molar-refractivity contribution < 1.29 is 9.53 Å². The fourth-order valence-electron chi connectivity index (χ4n) is 1.66. The summed E-state index contributed by atoms with van der Waals surface area (Å²) in [6.07, 6.45) is 4.85. The molecule has 1 rings (SSSR count). The van der Waals surface area contributed by atoms with Gasteiger partial charge in [0.1, 0.15) is 6.61 Å². The Morgan fingerprint density at radius 3 is 2.67 bits per heavy atom. The molecule has 1 aromatic carbocycles. The van der Waals surface area contributed by atoms with Crippen molar-refractivity contribution in [3.05, 3.63) is 35.9 Å². The van der Waals surface area contributed by atoms with Crippen molar-refractivity contribution in [1.82, 2.24) is 5.32 Å². The van der Waals surface area contributed by atoms with Crippen molar-refractivity contribution >= 4 is 5.97 Å². The molecule has 0 bridgehead atoms. The zero-order valence-corrected chi connectivity index (χ0v) is 11.2. The van der Waals surface area contributed by atoms with Gasteiger partial charge in [-0.15, -0.1) is 0 Å². The molecule has 0 unspecified atom stereocenters. The van der Waals surface area contributed by atoms with E-state index < -0.39 is 0 Å². The lowest BCUT2D eigenvalue weighted by Crippen LogP contribution is -2.25. The van der Waals surface area contributed by atoms with Crippen LogP contribution >= 0.6 is 0 Å². The van der Waals surface area contributed by atoms with E-state index in [0.717, 1.165) is 18.5 Å². The molecule has 18 heavy (non-hydrogen) atoms. The molecule has 0 aliphatic rings. The van der Waals surface area contributed by atoms with Gasteiger partial charge in [-0.25, -0.2) is 0 Å². The summed E-state index contributed by atoms with van der Waals surface area (Å²) in [6.45, 7) is 3.74. The number of carbonyl (C=O) groups is 1. The van der Waals surface area contributed by atoms with Gasteiger partial charge in [-0.05, 0) is 18.5 Å². The molecule has 0 saturated carbocycles. The third kappa shape index (κ3) is 7.07. The van der Waals surface area contributed by atoms with E-state index in [1.165, 1.54) is 19.3 Å². The van der Waals surface area contributed by atoms with Crippen molar-refractivity contribution in [2.24, 2.45) is 0 Å². The van der Waals surface area contributed by atoms with E-state index in [1.54, 1.807) is 0 Å². The summed E-state index contributed by atoms with van der Waals surface area (Å²) in [4.78, 5) is 11.4. The molecule has 0 saturated heterocycles. The lowest BCUT2D eigenvalue weighted by molar-refractivity contribution is -0.143. The third-order valence-electron chi connectivity index (χ3n) is 2.72. The Labute approximate surface area is 110 Å². The smallest absolute Gasteiger partial charge is 0.320 e. The molecule has 3 heteroatoms. The molecule has 100 valence electrons. The second kappa shape index (κ2) is 9.66. The van der Waals surface area contributed by atoms with E-state index in [4.69, 9.17) is 4.74 Å². The van der Waals surface area contributed by atoms with E-state index in [0.29, 0.717) is 13.2 Å². The molecule has 3 nitrogen and oxygen atoms in total. The molecular formula is C15H23NO2. The van der Waals surface area contributed by atoms with Gasteiger partial charge >= 0.3 is 5.97 Å². The topological polar surface area (TPSA) is 38.3 Å². The standard InChI is InChI=1S/C15H23NO2/c1-2-3-4-8-11-16-12-15(17)18-13-14-9-6-5-7-10-14/h5-7,9-10,16H,2-4,8,11-13H2,1H3. The van der Waals surface area contributed by atoms with Gasteiger partial charge in [0.2, 0.25) is 0 Å². The number of benzene rings is 1. The molecule has 0 amide bonds. The fraction of sp³-hybridized carbons (Fsp3) is 0.533.